The Labute approximate surface area is 81.1 Å². The molecular weight excluding hydrogens is 231 g/mol. The van der Waals surface area contributed by atoms with Crippen molar-refractivity contribution in [3.63, 3.8) is 0 Å². The van der Waals surface area contributed by atoms with Gasteiger partial charge in [0.2, 0.25) is 0 Å². The van der Waals surface area contributed by atoms with Crippen molar-refractivity contribution in [3.05, 3.63) is 33.6 Å². The van der Waals surface area contributed by atoms with Crippen molar-refractivity contribution in [2.24, 2.45) is 0 Å². The third kappa shape index (κ3) is 2.25. The van der Waals surface area contributed by atoms with Crippen LogP contribution < -0.4 is 0 Å². The van der Waals surface area contributed by atoms with Gasteiger partial charge in [0.1, 0.15) is 5.82 Å². The molecule has 0 aliphatic carbocycles. The van der Waals surface area contributed by atoms with Crippen LogP contribution >= 0.6 is 23.2 Å². The molecule has 0 atom stereocenters. The fraction of sp³-hybridized carbons (Fsp3) is 0.143. The summed E-state index contributed by atoms with van der Waals surface area (Å²) in [5, 5.41) is -1.29. The van der Waals surface area contributed by atoms with Gasteiger partial charge in [0.15, 0.2) is 0 Å². The molecule has 0 amide bonds. The summed E-state index contributed by atoms with van der Waals surface area (Å²) in [4.78, 5) is 0. The van der Waals surface area contributed by atoms with Gasteiger partial charge in [-0.3, -0.25) is 0 Å². The Hall–Kier alpha value is -0.480. The van der Waals surface area contributed by atoms with Crippen LogP contribution in [0.4, 0.5) is 17.6 Å². The normalized spacial score (nSPS) is 11.8. The van der Waals surface area contributed by atoms with E-state index in [1.807, 2.05) is 6.07 Å². The Morgan fingerprint density at radius 1 is 1.15 bits per heavy atom. The van der Waals surface area contributed by atoms with Crippen LogP contribution in [0.2, 0.25) is 10.0 Å². The highest BCUT2D eigenvalue weighted by Crippen LogP contribution is 2.36. The fourth-order valence-electron chi connectivity index (χ4n) is 0.683. The SMILES string of the molecule is Fc1cc(C(F)(F)F)c(Cl)[c]c1Cl. The highest BCUT2D eigenvalue weighted by Gasteiger charge is 2.34. The summed E-state index contributed by atoms with van der Waals surface area (Å²) in [5.74, 6) is -1.20. The molecule has 0 aliphatic rings. The van der Waals surface area contributed by atoms with Gasteiger partial charge in [-0.2, -0.15) is 13.2 Å². The summed E-state index contributed by atoms with van der Waals surface area (Å²) in [6.45, 7) is 0. The molecule has 13 heavy (non-hydrogen) atoms. The number of hydrogen-bond acceptors (Lipinski definition) is 0. The maximum atomic E-state index is 12.6. The molecule has 0 saturated carbocycles. The smallest absolute Gasteiger partial charge is 0.205 e. The molecule has 0 saturated heterocycles. The minimum atomic E-state index is -4.70. The molecule has 1 aromatic carbocycles. The van der Waals surface area contributed by atoms with Gasteiger partial charge >= 0.3 is 6.18 Å². The molecule has 0 nitrogen and oxygen atoms in total. The van der Waals surface area contributed by atoms with E-state index in [0.29, 0.717) is 0 Å². The van der Waals surface area contributed by atoms with Crippen LogP contribution in [0.3, 0.4) is 0 Å². The average molecular weight is 232 g/mol. The van der Waals surface area contributed by atoms with Crippen LogP contribution in [0, 0.1) is 11.9 Å². The van der Waals surface area contributed by atoms with Crippen LogP contribution in [-0.4, -0.2) is 0 Å². The van der Waals surface area contributed by atoms with Crippen LogP contribution in [0.25, 0.3) is 0 Å². The molecular formula is C7HCl2F4. The Bertz CT molecular complexity index is 332. The zero-order valence-corrected chi connectivity index (χ0v) is 7.36. The molecule has 0 bridgehead atoms. The third-order valence-corrected chi connectivity index (χ3v) is 1.82. The van der Waals surface area contributed by atoms with Gasteiger partial charge in [0.25, 0.3) is 0 Å². The van der Waals surface area contributed by atoms with E-state index in [2.05, 4.69) is 0 Å². The van der Waals surface area contributed by atoms with E-state index in [1.165, 1.54) is 0 Å². The summed E-state index contributed by atoms with van der Waals surface area (Å²) in [7, 11) is 0. The highest BCUT2D eigenvalue weighted by molar-refractivity contribution is 6.34. The topological polar surface area (TPSA) is 0 Å². The van der Waals surface area contributed by atoms with Crippen molar-refractivity contribution in [1.82, 2.24) is 0 Å². The molecule has 6 heteroatoms. The standard InChI is InChI=1S/C7HCl2F4/c8-4-2-5(9)6(10)1-3(4)7(11,12)13/h1H. The molecule has 71 valence electrons. The number of benzene rings is 1. The maximum Gasteiger partial charge on any atom is 0.417 e. The van der Waals surface area contributed by atoms with Gasteiger partial charge in [-0.15, -0.1) is 0 Å². The fourth-order valence-corrected chi connectivity index (χ4v) is 1.14. The molecule has 0 fully saturated rings. The molecule has 1 aromatic rings. The maximum absolute atomic E-state index is 12.6. The molecule has 0 aliphatic heterocycles. The van der Waals surface area contributed by atoms with E-state index in [9.17, 15) is 17.6 Å². The first-order valence-electron chi connectivity index (χ1n) is 2.96. The predicted octanol–water partition coefficient (Wildman–Crippen LogP) is 3.95. The minimum Gasteiger partial charge on any atom is -0.205 e. The minimum absolute atomic E-state index is 0.237. The van der Waals surface area contributed by atoms with Crippen LogP contribution in [0.5, 0.6) is 0 Å². The Balaban J connectivity index is 3.32. The summed E-state index contributed by atoms with van der Waals surface area (Å²) in [5.41, 5.74) is -1.28. The zero-order valence-electron chi connectivity index (χ0n) is 5.85. The average Bonchev–Trinajstić information content (AvgIpc) is 1.94. The lowest BCUT2D eigenvalue weighted by Crippen LogP contribution is -2.06. The van der Waals surface area contributed by atoms with E-state index in [-0.39, 0.29) is 6.07 Å². The van der Waals surface area contributed by atoms with Crippen molar-refractivity contribution in [2.75, 3.05) is 0 Å². The summed E-state index contributed by atoms with van der Waals surface area (Å²) >= 11 is 10.3. The number of rotatable bonds is 0. The van der Waals surface area contributed by atoms with E-state index >= 15 is 0 Å². The van der Waals surface area contributed by atoms with Gasteiger partial charge in [-0.1, -0.05) is 23.2 Å². The van der Waals surface area contributed by atoms with Gasteiger partial charge in [-0.25, -0.2) is 4.39 Å². The van der Waals surface area contributed by atoms with E-state index in [0.717, 1.165) is 0 Å². The number of hydrogen-bond donors (Lipinski definition) is 0. The van der Waals surface area contributed by atoms with Crippen LogP contribution in [0.15, 0.2) is 6.07 Å². The van der Waals surface area contributed by atoms with Gasteiger partial charge in [0.05, 0.1) is 15.6 Å². The quantitative estimate of drug-likeness (QED) is 0.469. The van der Waals surface area contributed by atoms with Crippen molar-refractivity contribution in [3.8, 4) is 0 Å². The van der Waals surface area contributed by atoms with E-state index in [1.54, 1.807) is 0 Å². The van der Waals surface area contributed by atoms with Crippen LogP contribution in [0.1, 0.15) is 5.56 Å². The number of halogens is 6. The monoisotopic (exact) mass is 231 g/mol. The highest BCUT2D eigenvalue weighted by atomic mass is 35.5. The Morgan fingerprint density at radius 2 is 1.69 bits per heavy atom. The van der Waals surface area contributed by atoms with Gasteiger partial charge in [-0.05, 0) is 6.07 Å². The van der Waals surface area contributed by atoms with Gasteiger partial charge < -0.3 is 0 Å². The summed E-state index contributed by atoms with van der Waals surface area (Å²) in [6.07, 6.45) is -4.70. The second-order valence-corrected chi connectivity index (χ2v) is 2.91. The molecule has 0 aromatic heterocycles. The van der Waals surface area contributed by atoms with Crippen molar-refractivity contribution in [1.29, 1.82) is 0 Å². The second kappa shape index (κ2) is 3.35. The van der Waals surface area contributed by atoms with Crippen LogP contribution in [-0.2, 0) is 6.18 Å². The van der Waals surface area contributed by atoms with Crippen molar-refractivity contribution < 1.29 is 17.6 Å². The molecule has 1 radical (unpaired) electrons. The lowest BCUT2D eigenvalue weighted by Gasteiger charge is -2.08. The Morgan fingerprint density at radius 3 is 2.15 bits per heavy atom. The first-order chi connectivity index (χ1) is 5.82. The zero-order chi connectivity index (χ0) is 10.2. The molecule has 1 rings (SSSR count). The Kier molecular flexibility index (Phi) is 2.73. The number of alkyl halides is 3. The predicted molar refractivity (Wildman–Crippen MR) is 40.3 cm³/mol. The molecule has 0 spiro atoms. The summed E-state index contributed by atoms with van der Waals surface area (Å²) < 4.78 is 48.7. The molecule has 0 heterocycles. The van der Waals surface area contributed by atoms with Crippen molar-refractivity contribution >= 4 is 23.2 Å². The first kappa shape index (κ1) is 10.6. The molecule has 0 N–H and O–H groups in total. The lowest BCUT2D eigenvalue weighted by atomic mass is 10.2. The first-order valence-corrected chi connectivity index (χ1v) is 3.72. The second-order valence-electron chi connectivity index (χ2n) is 2.16. The third-order valence-electron chi connectivity index (χ3n) is 1.24. The van der Waals surface area contributed by atoms with Crippen molar-refractivity contribution in [2.45, 2.75) is 6.18 Å². The van der Waals surface area contributed by atoms with Gasteiger partial charge in [0, 0.05) is 6.07 Å². The molecule has 0 unspecified atom stereocenters. The largest absolute Gasteiger partial charge is 0.417 e. The lowest BCUT2D eigenvalue weighted by molar-refractivity contribution is -0.137. The van der Waals surface area contributed by atoms with E-state index in [4.69, 9.17) is 23.2 Å². The summed E-state index contributed by atoms with van der Waals surface area (Å²) in [6, 6.07) is 2.09. The van der Waals surface area contributed by atoms with E-state index < -0.39 is 27.6 Å².